The molecule has 4 nitrogen and oxygen atoms in total. The third-order valence-corrected chi connectivity index (χ3v) is 3.29. The first-order chi connectivity index (χ1) is 9.63. The van der Waals surface area contributed by atoms with Crippen LogP contribution in [-0.4, -0.2) is 17.4 Å². The summed E-state index contributed by atoms with van der Waals surface area (Å²) in [7, 11) is 0. The molecule has 2 aromatic rings. The fourth-order valence-electron chi connectivity index (χ4n) is 2.00. The Morgan fingerprint density at radius 3 is 2.75 bits per heavy atom. The second-order valence-electron chi connectivity index (χ2n) is 4.65. The van der Waals surface area contributed by atoms with Gasteiger partial charge in [0.05, 0.1) is 11.3 Å². The van der Waals surface area contributed by atoms with E-state index in [0.29, 0.717) is 5.56 Å². The van der Waals surface area contributed by atoms with Gasteiger partial charge in [-0.3, -0.25) is 9.78 Å². The number of benzene rings is 1. The number of amides is 1. The SMILES string of the molecule is CCNc1ccncc1C(=O)Nc1cccc(C)c1C. The molecule has 0 fully saturated rings. The van der Waals surface area contributed by atoms with Crippen molar-refractivity contribution in [2.75, 3.05) is 17.2 Å². The van der Waals surface area contributed by atoms with E-state index < -0.39 is 0 Å². The number of aromatic nitrogens is 1. The molecule has 1 heterocycles. The molecule has 104 valence electrons. The van der Waals surface area contributed by atoms with Crippen molar-refractivity contribution in [3.63, 3.8) is 0 Å². The summed E-state index contributed by atoms with van der Waals surface area (Å²) in [5, 5.41) is 6.12. The molecule has 0 bridgehead atoms. The van der Waals surface area contributed by atoms with Gasteiger partial charge in [-0.15, -0.1) is 0 Å². The van der Waals surface area contributed by atoms with Crippen LogP contribution in [0.5, 0.6) is 0 Å². The van der Waals surface area contributed by atoms with E-state index in [1.54, 1.807) is 12.4 Å². The van der Waals surface area contributed by atoms with Gasteiger partial charge >= 0.3 is 0 Å². The van der Waals surface area contributed by atoms with Crippen molar-refractivity contribution in [2.45, 2.75) is 20.8 Å². The van der Waals surface area contributed by atoms with Crippen LogP contribution in [0.4, 0.5) is 11.4 Å². The lowest BCUT2D eigenvalue weighted by Crippen LogP contribution is -2.16. The predicted octanol–water partition coefficient (Wildman–Crippen LogP) is 3.38. The average molecular weight is 269 g/mol. The fourth-order valence-corrected chi connectivity index (χ4v) is 2.00. The lowest BCUT2D eigenvalue weighted by molar-refractivity contribution is 0.102. The number of carbonyl (C=O) groups excluding carboxylic acids is 1. The first kappa shape index (κ1) is 14.1. The van der Waals surface area contributed by atoms with Crippen LogP contribution in [0.25, 0.3) is 0 Å². The van der Waals surface area contributed by atoms with Crippen molar-refractivity contribution >= 4 is 17.3 Å². The van der Waals surface area contributed by atoms with Crippen molar-refractivity contribution in [3.8, 4) is 0 Å². The Bertz CT molecular complexity index is 623. The third-order valence-electron chi connectivity index (χ3n) is 3.29. The van der Waals surface area contributed by atoms with Gasteiger partial charge in [-0.2, -0.15) is 0 Å². The summed E-state index contributed by atoms with van der Waals surface area (Å²) in [6, 6.07) is 7.68. The van der Waals surface area contributed by atoms with Crippen LogP contribution in [0.3, 0.4) is 0 Å². The minimum Gasteiger partial charge on any atom is -0.385 e. The van der Waals surface area contributed by atoms with Gasteiger partial charge in [0, 0.05) is 24.6 Å². The zero-order valence-electron chi connectivity index (χ0n) is 12.0. The van der Waals surface area contributed by atoms with E-state index >= 15 is 0 Å². The van der Waals surface area contributed by atoms with Gasteiger partial charge in [-0.25, -0.2) is 0 Å². The van der Waals surface area contributed by atoms with E-state index in [2.05, 4.69) is 15.6 Å². The first-order valence-corrected chi connectivity index (χ1v) is 6.69. The quantitative estimate of drug-likeness (QED) is 0.894. The second kappa shape index (κ2) is 6.19. The zero-order valence-corrected chi connectivity index (χ0v) is 12.0. The van der Waals surface area contributed by atoms with Crippen molar-refractivity contribution in [1.29, 1.82) is 0 Å². The smallest absolute Gasteiger partial charge is 0.259 e. The number of hydrogen-bond acceptors (Lipinski definition) is 3. The largest absolute Gasteiger partial charge is 0.385 e. The standard InChI is InChI=1S/C16H19N3O/c1-4-18-15-8-9-17-10-13(15)16(20)19-14-7-5-6-11(2)12(14)3/h5-10H,4H2,1-3H3,(H,17,18)(H,19,20). The molecule has 1 aromatic carbocycles. The van der Waals surface area contributed by atoms with E-state index in [4.69, 9.17) is 0 Å². The van der Waals surface area contributed by atoms with Gasteiger partial charge in [0.1, 0.15) is 0 Å². The van der Waals surface area contributed by atoms with Crippen LogP contribution in [0.1, 0.15) is 28.4 Å². The monoisotopic (exact) mass is 269 g/mol. The number of rotatable bonds is 4. The molecule has 0 saturated heterocycles. The third kappa shape index (κ3) is 2.96. The molecule has 0 aliphatic rings. The molecule has 0 saturated carbocycles. The molecule has 0 radical (unpaired) electrons. The number of pyridine rings is 1. The van der Waals surface area contributed by atoms with Gasteiger partial charge in [0.2, 0.25) is 0 Å². The Morgan fingerprint density at radius 2 is 2.00 bits per heavy atom. The summed E-state index contributed by atoms with van der Waals surface area (Å²) in [6.07, 6.45) is 3.26. The Labute approximate surface area is 119 Å². The van der Waals surface area contributed by atoms with Gasteiger partial charge in [-0.05, 0) is 44.0 Å². The van der Waals surface area contributed by atoms with Crippen LogP contribution in [0.2, 0.25) is 0 Å². The van der Waals surface area contributed by atoms with E-state index in [1.165, 1.54) is 0 Å². The van der Waals surface area contributed by atoms with E-state index in [-0.39, 0.29) is 5.91 Å². The predicted molar refractivity (Wildman–Crippen MR) is 82.3 cm³/mol. The molecule has 0 atom stereocenters. The maximum atomic E-state index is 12.4. The van der Waals surface area contributed by atoms with Crippen LogP contribution >= 0.6 is 0 Å². The highest BCUT2D eigenvalue weighted by molar-refractivity contribution is 6.08. The van der Waals surface area contributed by atoms with Crippen LogP contribution in [0, 0.1) is 13.8 Å². The maximum Gasteiger partial charge on any atom is 0.259 e. The van der Waals surface area contributed by atoms with Crippen LogP contribution < -0.4 is 10.6 Å². The van der Waals surface area contributed by atoms with Crippen molar-refractivity contribution in [1.82, 2.24) is 4.98 Å². The van der Waals surface area contributed by atoms with Crippen LogP contribution in [0.15, 0.2) is 36.7 Å². The molecule has 0 unspecified atom stereocenters. The highest BCUT2D eigenvalue weighted by Crippen LogP contribution is 2.20. The number of aryl methyl sites for hydroxylation is 1. The Hall–Kier alpha value is -2.36. The van der Waals surface area contributed by atoms with E-state index in [0.717, 1.165) is 29.0 Å². The lowest BCUT2D eigenvalue weighted by Gasteiger charge is -2.13. The summed E-state index contributed by atoms with van der Waals surface area (Å²) >= 11 is 0. The molecule has 2 N–H and O–H groups in total. The molecule has 0 aliphatic heterocycles. The first-order valence-electron chi connectivity index (χ1n) is 6.69. The highest BCUT2D eigenvalue weighted by atomic mass is 16.1. The second-order valence-corrected chi connectivity index (χ2v) is 4.65. The highest BCUT2D eigenvalue weighted by Gasteiger charge is 2.12. The van der Waals surface area contributed by atoms with Gasteiger partial charge < -0.3 is 10.6 Å². The molecule has 20 heavy (non-hydrogen) atoms. The van der Waals surface area contributed by atoms with Gasteiger partial charge in [0.25, 0.3) is 5.91 Å². The van der Waals surface area contributed by atoms with Crippen molar-refractivity contribution < 1.29 is 4.79 Å². The van der Waals surface area contributed by atoms with Gasteiger partial charge in [-0.1, -0.05) is 12.1 Å². The summed E-state index contributed by atoms with van der Waals surface area (Å²) < 4.78 is 0. The minimum atomic E-state index is -0.150. The Balaban J connectivity index is 2.26. The molecular formula is C16H19N3O. The lowest BCUT2D eigenvalue weighted by atomic mass is 10.1. The fraction of sp³-hybridized carbons (Fsp3) is 0.250. The number of anilines is 2. The topological polar surface area (TPSA) is 54.0 Å². The normalized spacial score (nSPS) is 10.2. The number of nitrogens with zero attached hydrogens (tertiary/aromatic N) is 1. The van der Waals surface area contributed by atoms with Gasteiger partial charge in [0.15, 0.2) is 0 Å². The molecule has 4 heteroatoms. The number of nitrogens with one attached hydrogen (secondary N) is 2. The molecule has 0 spiro atoms. The molecule has 0 aliphatic carbocycles. The Kier molecular flexibility index (Phi) is 4.35. The van der Waals surface area contributed by atoms with Crippen LogP contribution in [-0.2, 0) is 0 Å². The zero-order chi connectivity index (χ0) is 14.5. The average Bonchev–Trinajstić information content (AvgIpc) is 2.45. The molecular weight excluding hydrogens is 250 g/mol. The summed E-state index contributed by atoms with van der Waals surface area (Å²) in [4.78, 5) is 16.4. The van der Waals surface area contributed by atoms with Crippen molar-refractivity contribution in [2.24, 2.45) is 0 Å². The molecule has 1 amide bonds. The number of hydrogen-bond donors (Lipinski definition) is 2. The summed E-state index contributed by atoms with van der Waals surface area (Å²) in [5.41, 5.74) is 4.41. The van der Waals surface area contributed by atoms with E-state index in [1.807, 2.05) is 45.0 Å². The summed E-state index contributed by atoms with van der Waals surface area (Å²) in [6.45, 7) is 6.78. The van der Waals surface area contributed by atoms with E-state index in [9.17, 15) is 4.79 Å². The number of carbonyl (C=O) groups is 1. The Morgan fingerprint density at radius 1 is 1.20 bits per heavy atom. The molecule has 2 rings (SSSR count). The maximum absolute atomic E-state index is 12.4. The minimum absolute atomic E-state index is 0.150. The molecule has 1 aromatic heterocycles. The summed E-state index contributed by atoms with van der Waals surface area (Å²) in [5.74, 6) is -0.150. The van der Waals surface area contributed by atoms with Crippen molar-refractivity contribution in [3.05, 3.63) is 53.3 Å².